The van der Waals surface area contributed by atoms with E-state index in [-0.39, 0.29) is 30.4 Å². The van der Waals surface area contributed by atoms with Gasteiger partial charge in [-0.3, -0.25) is 19.2 Å². The number of ether oxygens (including phenoxy) is 1. The van der Waals surface area contributed by atoms with Crippen LogP contribution in [-0.4, -0.2) is 70.9 Å². The minimum absolute atomic E-state index is 0.0144. The molecule has 0 spiro atoms. The molecule has 4 N–H and O–H groups in total. The molecular weight excluding hydrogens is 504 g/mol. The molecule has 0 fully saturated rings. The Balaban J connectivity index is 1.97. The number of fused-ring (bicyclic) bond motifs is 1. The van der Waals surface area contributed by atoms with Gasteiger partial charge in [-0.1, -0.05) is 56.3 Å². The van der Waals surface area contributed by atoms with Crippen LogP contribution in [0.3, 0.4) is 0 Å². The first-order chi connectivity index (χ1) is 18.5. The Morgan fingerprint density at radius 2 is 1.67 bits per heavy atom. The summed E-state index contributed by atoms with van der Waals surface area (Å²) in [6.45, 7) is 4.92. The zero-order chi connectivity index (χ0) is 28.5. The molecule has 0 aliphatic carbocycles. The lowest BCUT2D eigenvalue weighted by atomic mass is 10.0. The van der Waals surface area contributed by atoms with Crippen molar-refractivity contribution < 1.29 is 33.8 Å². The van der Waals surface area contributed by atoms with E-state index in [0.29, 0.717) is 0 Å². The number of nitrogens with one attached hydrogen (secondary N) is 3. The second-order valence-electron chi connectivity index (χ2n) is 9.81. The quantitative estimate of drug-likeness (QED) is 0.458. The topological polar surface area (TPSA) is 154 Å². The average Bonchev–Trinajstić information content (AvgIpc) is 2.89. The molecular formula is C28H34N4O7. The van der Waals surface area contributed by atoms with Gasteiger partial charge in [0.25, 0.3) is 5.91 Å². The minimum atomic E-state index is -1.55. The van der Waals surface area contributed by atoms with Gasteiger partial charge < -0.3 is 30.7 Å². The average molecular weight is 539 g/mol. The molecule has 0 bridgehead atoms. The number of aliphatic carboxylic acids is 1. The van der Waals surface area contributed by atoms with E-state index in [4.69, 9.17) is 4.74 Å². The van der Waals surface area contributed by atoms with Gasteiger partial charge in [-0.15, -0.1) is 0 Å². The summed E-state index contributed by atoms with van der Waals surface area (Å²) < 4.78 is 5.78. The van der Waals surface area contributed by atoms with Gasteiger partial charge in [-0.2, -0.15) is 0 Å². The minimum Gasteiger partial charge on any atom is -0.491 e. The summed E-state index contributed by atoms with van der Waals surface area (Å²) in [6.07, 6.45) is -0.588. The third-order valence-corrected chi connectivity index (χ3v) is 6.16. The van der Waals surface area contributed by atoms with Crippen LogP contribution in [0.25, 0.3) is 0 Å². The maximum atomic E-state index is 13.3. The first kappa shape index (κ1) is 29.2. The number of para-hydroxylation sites is 1. The van der Waals surface area contributed by atoms with Crippen molar-refractivity contribution in [3.63, 3.8) is 0 Å². The Bertz CT molecular complexity index is 1200. The van der Waals surface area contributed by atoms with Gasteiger partial charge in [-0.25, -0.2) is 4.79 Å². The molecule has 1 aliphatic rings. The number of rotatable bonds is 4. The molecule has 3 atom stereocenters. The third-order valence-electron chi connectivity index (χ3n) is 6.16. The molecule has 1 heterocycles. The number of hydrogen-bond donors (Lipinski definition) is 4. The third kappa shape index (κ3) is 8.29. The first-order valence-electron chi connectivity index (χ1n) is 12.7. The molecule has 4 amide bonds. The number of carbonyl (C=O) groups is 5. The highest BCUT2D eigenvalue weighted by atomic mass is 16.5. The molecule has 0 radical (unpaired) electrons. The van der Waals surface area contributed by atoms with E-state index < -0.39 is 60.7 Å². The van der Waals surface area contributed by atoms with E-state index in [9.17, 15) is 29.1 Å². The number of hydrogen-bond acceptors (Lipinski definition) is 6. The van der Waals surface area contributed by atoms with Crippen molar-refractivity contribution in [2.75, 3.05) is 13.2 Å². The molecule has 11 heteroatoms. The second kappa shape index (κ2) is 13.4. The van der Waals surface area contributed by atoms with Crippen LogP contribution in [0.4, 0.5) is 0 Å². The van der Waals surface area contributed by atoms with Crippen molar-refractivity contribution in [3.05, 3.63) is 65.7 Å². The maximum absolute atomic E-state index is 13.3. The van der Waals surface area contributed by atoms with Gasteiger partial charge in [0, 0.05) is 6.54 Å². The number of carbonyl (C=O) groups excluding carboxylic acids is 4. The molecule has 2 aromatic rings. The lowest BCUT2D eigenvalue weighted by molar-refractivity contribution is -0.144. The fourth-order valence-corrected chi connectivity index (χ4v) is 4.07. The molecule has 208 valence electrons. The predicted molar refractivity (Wildman–Crippen MR) is 142 cm³/mol. The highest BCUT2D eigenvalue weighted by molar-refractivity contribution is 6.00. The Hall–Kier alpha value is -4.41. The number of amides is 4. The molecule has 0 aromatic heterocycles. The van der Waals surface area contributed by atoms with Gasteiger partial charge in [-0.05, 0) is 30.5 Å². The summed E-state index contributed by atoms with van der Waals surface area (Å²) in [5.74, 6) is -3.87. The number of carboxylic acid groups (broad SMARTS) is 1. The number of nitrogens with zero attached hydrogens (tertiary/aromatic N) is 1. The van der Waals surface area contributed by atoms with Gasteiger partial charge in [0.2, 0.25) is 17.7 Å². The Morgan fingerprint density at radius 3 is 2.33 bits per heavy atom. The lowest BCUT2D eigenvalue weighted by Gasteiger charge is -2.27. The molecule has 2 aromatic carbocycles. The SMILES string of the molecule is CC(C)[C@H]1NC(=O)CN(Cc2ccccc2)C(=O)C[C@@H](C(=O)O)NC(=O)c2ccccc2OC[C@H](C)NC1=O. The Labute approximate surface area is 226 Å². The van der Waals surface area contributed by atoms with Crippen molar-refractivity contribution in [1.29, 1.82) is 0 Å². The molecule has 1 aliphatic heterocycles. The van der Waals surface area contributed by atoms with E-state index in [1.165, 1.54) is 11.0 Å². The van der Waals surface area contributed by atoms with Gasteiger partial charge in [0.15, 0.2) is 0 Å². The smallest absolute Gasteiger partial charge is 0.326 e. The van der Waals surface area contributed by atoms with Crippen LogP contribution in [-0.2, 0) is 25.7 Å². The summed E-state index contributed by atoms with van der Waals surface area (Å²) in [6, 6.07) is 12.3. The van der Waals surface area contributed by atoms with E-state index in [1.807, 2.05) is 0 Å². The van der Waals surface area contributed by atoms with Crippen LogP contribution in [0.1, 0.15) is 43.1 Å². The molecule has 11 nitrogen and oxygen atoms in total. The van der Waals surface area contributed by atoms with Crippen LogP contribution < -0.4 is 20.7 Å². The summed E-state index contributed by atoms with van der Waals surface area (Å²) in [7, 11) is 0. The second-order valence-corrected chi connectivity index (χ2v) is 9.81. The van der Waals surface area contributed by atoms with E-state index >= 15 is 0 Å². The van der Waals surface area contributed by atoms with Crippen molar-refractivity contribution in [2.24, 2.45) is 5.92 Å². The number of carboxylic acids is 1. The predicted octanol–water partition coefficient (Wildman–Crippen LogP) is 1.33. The largest absolute Gasteiger partial charge is 0.491 e. The van der Waals surface area contributed by atoms with E-state index in [2.05, 4.69) is 16.0 Å². The standard InChI is InChI=1S/C28H34N4O7/c1-17(2)25-27(36)29-18(3)16-39-22-12-8-7-11-20(22)26(35)30-21(28(37)38)13-24(34)32(15-23(33)31-25)14-19-9-5-4-6-10-19/h4-12,17-18,21,25H,13-16H2,1-3H3,(H,29,36)(H,30,35)(H,31,33)(H,37,38)/t18-,21-,25+/m0/s1. The fraction of sp³-hybridized carbons (Fsp3) is 0.393. The highest BCUT2D eigenvalue weighted by Crippen LogP contribution is 2.19. The molecule has 0 saturated heterocycles. The van der Waals surface area contributed by atoms with Crippen molar-refractivity contribution in [1.82, 2.24) is 20.9 Å². The van der Waals surface area contributed by atoms with Crippen molar-refractivity contribution >= 4 is 29.6 Å². The Kier molecular flexibility index (Phi) is 10.0. The van der Waals surface area contributed by atoms with Crippen LogP contribution in [0, 0.1) is 5.92 Å². The van der Waals surface area contributed by atoms with E-state index in [1.54, 1.807) is 69.3 Å². The van der Waals surface area contributed by atoms with Crippen molar-refractivity contribution in [2.45, 2.75) is 51.9 Å². The van der Waals surface area contributed by atoms with Gasteiger partial charge in [0.1, 0.15) is 24.4 Å². The summed E-state index contributed by atoms with van der Waals surface area (Å²) in [5, 5.41) is 17.7. The summed E-state index contributed by atoms with van der Waals surface area (Å²) >= 11 is 0. The van der Waals surface area contributed by atoms with Crippen molar-refractivity contribution in [3.8, 4) is 5.75 Å². The lowest BCUT2D eigenvalue weighted by Crippen LogP contribution is -2.54. The van der Waals surface area contributed by atoms with Gasteiger partial charge in [0.05, 0.1) is 24.6 Å². The zero-order valence-corrected chi connectivity index (χ0v) is 22.2. The van der Waals surface area contributed by atoms with Gasteiger partial charge >= 0.3 is 5.97 Å². The van der Waals surface area contributed by atoms with Crippen LogP contribution in [0.2, 0.25) is 0 Å². The summed E-state index contributed by atoms with van der Waals surface area (Å²) in [5.41, 5.74) is 0.801. The van der Waals surface area contributed by atoms with E-state index in [0.717, 1.165) is 5.56 Å². The summed E-state index contributed by atoms with van der Waals surface area (Å²) in [4.78, 5) is 65.7. The normalized spacial score (nSPS) is 21.6. The van der Waals surface area contributed by atoms with Crippen LogP contribution in [0.15, 0.2) is 54.6 Å². The fourth-order valence-electron chi connectivity index (χ4n) is 4.07. The van der Waals surface area contributed by atoms with Crippen LogP contribution in [0.5, 0.6) is 5.75 Å². The maximum Gasteiger partial charge on any atom is 0.326 e. The monoisotopic (exact) mass is 538 g/mol. The molecule has 39 heavy (non-hydrogen) atoms. The number of benzene rings is 2. The highest BCUT2D eigenvalue weighted by Gasteiger charge is 2.31. The van der Waals surface area contributed by atoms with Crippen LogP contribution >= 0.6 is 0 Å². The molecule has 0 saturated carbocycles. The Morgan fingerprint density at radius 1 is 1.00 bits per heavy atom. The zero-order valence-electron chi connectivity index (χ0n) is 22.2. The molecule has 0 unspecified atom stereocenters. The molecule has 3 rings (SSSR count). The first-order valence-corrected chi connectivity index (χ1v) is 12.7.